The van der Waals surface area contributed by atoms with Crippen LogP contribution >= 0.6 is 11.6 Å². The summed E-state index contributed by atoms with van der Waals surface area (Å²) in [5.41, 5.74) is 1.23. The quantitative estimate of drug-likeness (QED) is 0.772. The average Bonchev–Trinajstić information content (AvgIpc) is 3.17. The number of hydrogen-bond donors (Lipinski definition) is 1. The van der Waals surface area contributed by atoms with Crippen molar-refractivity contribution in [2.75, 3.05) is 0 Å². The van der Waals surface area contributed by atoms with Crippen LogP contribution in [0.2, 0.25) is 5.02 Å². The van der Waals surface area contributed by atoms with E-state index in [1.165, 1.54) is 12.3 Å². The third-order valence-electron chi connectivity index (χ3n) is 2.92. The summed E-state index contributed by atoms with van der Waals surface area (Å²) in [6.07, 6.45) is 2.45. The highest BCUT2D eigenvalue weighted by Gasteiger charge is 2.16. The van der Waals surface area contributed by atoms with E-state index in [-0.39, 0.29) is 11.4 Å². The molecule has 22 heavy (non-hydrogen) atoms. The number of nitrogens with zero attached hydrogens (tertiary/aromatic N) is 1. The lowest BCUT2D eigenvalue weighted by molar-refractivity contribution is 0.422. The number of sulfonamides is 1. The van der Waals surface area contributed by atoms with Crippen molar-refractivity contribution in [2.24, 2.45) is 0 Å². The van der Waals surface area contributed by atoms with E-state index in [0.29, 0.717) is 16.5 Å². The van der Waals surface area contributed by atoms with E-state index in [1.54, 1.807) is 24.3 Å². The molecule has 0 radical (unpaired) electrons. The summed E-state index contributed by atoms with van der Waals surface area (Å²) >= 11 is 5.92. The van der Waals surface area contributed by atoms with Crippen LogP contribution in [0.1, 0.15) is 5.69 Å². The van der Waals surface area contributed by atoms with Gasteiger partial charge in [0.1, 0.15) is 11.2 Å². The standard InChI is InChI=1S/C14H11ClN2O4S/c15-11-3-1-2-10(6-11)14-7-12(17-21-14)8-16-22(18,19)13-4-5-20-9-13/h1-7,9,16H,8H2. The molecule has 0 saturated carbocycles. The van der Waals surface area contributed by atoms with Gasteiger partial charge in [0.25, 0.3) is 0 Å². The van der Waals surface area contributed by atoms with Gasteiger partial charge in [0, 0.05) is 16.7 Å². The van der Waals surface area contributed by atoms with Crippen LogP contribution in [-0.4, -0.2) is 13.6 Å². The summed E-state index contributed by atoms with van der Waals surface area (Å²) in [5, 5.41) is 4.42. The second-order valence-electron chi connectivity index (χ2n) is 4.48. The van der Waals surface area contributed by atoms with Crippen LogP contribution in [0.3, 0.4) is 0 Å². The molecule has 0 fully saturated rings. The van der Waals surface area contributed by atoms with E-state index in [9.17, 15) is 8.42 Å². The zero-order valence-corrected chi connectivity index (χ0v) is 12.8. The number of hydrogen-bond acceptors (Lipinski definition) is 5. The molecule has 8 heteroatoms. The topological polar surface area (TPSA) is 85.3 Å². The van der Waals surface area contributed by atoms with Gasteiger partial charge in [-0.05, 0) is 18.2 Å². The highest BCUT2D eigenvalue weighted by Crippen LogP contribution is 2.23. The van der Waals surface area contributed by atoms with Gasteiger partial charge in [-0.15, -0.1) is 0 Å². The fourth-order valence-corrected chi connectivity index (χ4v) is 2.94. The van der Waals surface area contributed by atoms with Crippen LogP contribution in [0, 0.1) is 0 Å². The molecule has 0 bridgehead atoms. The van der Waals surface area contributed by atoms with Gasteiger partial charge in [0.2, 0.25) is 10.0 Å². The molecule has 0 aliphatic rings. The zero-order chi connectivity index (χ0) is 15.6. The van der Waals surface area contributed by atoms with E-state index in [2.05, 4.69) is 9.88 Å². The molecule has 0 atom stereocenters. The Bertz CT molecular complexity index is 872. The number of rotatable bonds is 5. The van der Waals surface area contributed by atoms with E-state index in [0.717, 1.165) is 11.8 Å². The van der Waals surface area contributed by atoms with Crippen LogP contribution in [-0.2, 0) is 16.6 Å². The molecule has 2 aromatic heterocycles. The summed E-state index contributed by atoms with van der Waals surface area (Å²) in [4.78, 5) is 0.0612. The lowest BCUT2D eigenvalue weighted by Gasteiger charge is -2.01. The molecule has 6 nitrogen and oxygen atoms in total. The summed E-state index contributed by atoms with van der Waals surface area (Å²) in [6, 6.07) is 10.1. The molecule has 114 valence electrons. The minimum atomic E-state index is -3.62. The van der Waals surface area contributed by atoms with Crippen molar-refractivity contribution in [1.82, 2.24) is 9.88 Å². The van der Waals surface area contributed by atoms with Crippen molar-refractivity contribution in [3.8, 4) is 11.3 Å². The van der Waals surface area contributed by atoms with Gasteiger partial charge in [-0.3, -0.25) is 0 Å². The summed E-state index contributed by atoms with van der Waals surface area (Å²) in [7, 11) is -3.62. The fraction of sp³-hybridized carbons (Fsp3) is 0.0714. The van der Waals surface area contributed by atoms with Crippen LogP contribution in [0.5, 0.6) is 0 Å². The Morgan fingerprint density at radius 2 is 2.09 bits per heavy atom. The third kappa shape index (κ3) is 3.22. The molecule has 0 spiro atoms. The normalized spacial score (nSPS) is 11.7. The summed E-state index contributed by atoms with van der Waals surface area (Å²) in [6.45, 7) is 0.0115. The van der Waals surface area contributed by atoms with Crippen molar-refractivity contribution >= 4 is 21.6 Å². The number of nitrogens with one attached hydrogen (secondary N) is 1. The predicted octanol–water partition coefficient (Wildman–Crippen LogP) is 3.07. The average molecular weight is 339 g/mol. The first-order valence-electron chi connectivity index (χ1n) is 6.28. The van der Waals surface area contributed by atoms with Crippen molar-refractivity contribution in [1.29, 1.82) is 0 Å². The van der Waals surface area contributed by atoms with Gasteiger partial charge < -0.3 is 8.94 Å². The van der Waals surface area contributed by atoms with Crippen molar-refractivity contribution < 1.29 is 17.4 Å². The second-order valence-corrected chi connectivity index (χ2v) is 6.68. The minimum absolute atomic E-state index is 0.0115. The Kier molecular flexibility index (Phi) is 4.02. The fourth-order valence-electron chi connectivity index (χ4n) is 1.83. The molecule has 0 aliphatic carbocycles. The van der Waals surface area contributed by atoms with E-state index < -0.39 is 10.0 Å². The SMILES string of the molecule is O=S(=O)(NCc1cc(-c2cccc(Cl)c2)on1)c1ccoc1. The van der Waals surface area contributed by atoms with Crippen LogP contribution in [0.4, 0.5) is 0 Å². The lowest BCUT2D eigenvalue weighted by Crippen LogP contribution is -2.22. The number of benzene rings is 1. The molecule has 3 aromatic rings. The van der Waals surface area contributed by atoms with E-state index >= 15 is 0 Å². The van der Waals surface area contributed by atoms with Gasteiger partial charge >= 0.3 is 0 Å². The molecule has 1 aromatic carbocycles. The largest absolute Gasteiger partial charge is 0.471 e. The lowest BCUT2D eigenvalue weighted by atomic mass is 10.1. The smallest absolute Gasteiger partial charge is 0.244 e. The van der Waals surface area contributed by atoms with Gasteiger partial charge in [0.05, 0.1) is 18.5 Å². The van der Waals surface area contributed by atoms with Gasteiger partial charge in [0.15, 0.2) is 5.76 Å². The number of halogens is 1. The highest BCUT2D eigenvalue weighted by atomic mass is 35.5. The second kappa shape index (κ2) is 5.96. The minimum Gasteiger partial charge on any atom is -0.471 e. The molecular formula is C14H11ClN2O4S. The maximum Gasteiger partial charge on any atom is 0.244 e. The van der Waals surface area contributed by atoms with Crippen molar-refractivity contribution in [3.63, 3.8) is 0 Å². The first kappa shape index (κ1) is 14.8. The molecule has 2 heterocycles. The van der Waals surface area contributed by atoms with Crippen LogP contribution < -0.4 is 4.72 Å². The molecule has 0 aliphatic heterocycles. The van der Waals surface area contributed by atoms with Gasteiger partial charge in [-0.25, -0.2) is 13.1 Å². The van der Waals surface area contributed by atoms with Gasteiger partial charge in [-0.1, -0.05) is 28.9 Å². The molecule has 0 amide bonds. The predicted molar refractivity (Wildman–Crippen MR) is 79.7 cm³/mol. The van der Waals surface area contributed by atoms with Gasteiger partial charge in [-0.2, -0.15) is 0 Å². The Labute approximate surface area is 131 Å². The first-order valence-corrected chi connectivity index (χ1v) is 8.14. The van der Waals surface area contributed by atoms with E-state index in [4.69, 9.17) is 20.5 Å². The molecule has 1 N–H and O–H groups in total. The molecule has 3 rings (SSSR count). The Balaban J connectivity index is 1.73. The monoisotopic (exact) mass is 338 g/mol. The third-order valence-corrected chi connectivity index (χ3v) is 4.53. The van der Waals surface area contributed by atoms with Crippen LogP contribution in [0.25, 0.3) is 11.3 Å². The summed E-state index contributed by atoms with van der Waals surface area (Å²) < 4.78 is 36.3. The number of aromatic nitrogens is 1. The highest BCUT2D eigenvalue weighted by molar-refractivity contribution is 7.89. The summed E-state index contributed by atoms with van der Waals surface area (Å²) in [5.74, 6) is 0.514. The molecule has 0 unspecified atom stereocenters. The molecular weight excluding hydrogens is 328 g/mol. The van der Waals surface area contributed by atoms with Crippen molar-refractivity contribution in [3.05, 3.63) is 59.6 Å². The van der Waals surface area contributed by atoms with E-state index in [1.807, 2.05) is 6.07 Å². The van der Waals surface area contributed by atoms with Crippen LogP contribution in [0.15, 0.2) is 62.8 Å². The Morgan fingerprint density at radius 3 is 2.82 bits per heavy atom. The maximum absolute atomic E-state index is 11.9. The Hall–Kier alpha value is -2.09. The number of furan rings is 1. The maximum atomic E-state index is 11.9. The first-order chi connectivity index (χ1) is 10.5. The Morgan fingerprint density at radius 1 is 1.23 bits per heavy atom. The van der Waals surface area contributed by atoms with Crippen molar-refractivity contribution in [2.45, 2.75) is 11.4 Å². The zero-order valence-electron chi connectivity index (χ0n) is 11.2. The molecule has 0 saturated heterocycles.